The van der Waals surface area contributed by atoms with Gasteiger partial charge in [0.05, 0.1) is 17.2 Å². The lowest BCUT2D eigenvalue weighted by molar-refractivity contribution is 0.0697. The molecule has 1 N–H and O–H groups in total. The van der Waals surface area contributed by atoms with E-state index in [4.69, 9.17) is 21.1 Å². The topological polar surface area (TPSA) is 74.2 Å². The Morgan fingerprint density at radius 3 is 2.65 bits per heavy atom. The van der Waals surface area contributed by atoms with Gasteiger partial charge in [-0.05, 0) is 48.9 Å². The molecule has 0 spiro atoms. The SMILES string of the molecule is Cc1ccc(C(=O)O)cc1-c1ccc(C=C(C#N)c2ccccc2Cl)o1. The summed E-state index contributed by atoms with van der Waals surface area (Å²) in [5.74, 6) is 0.0216. The number of rotatable bonds is 4. The molecule has 4 nitrogen and oxygen atoms in total. The molecular formula is C21H14ClNO3. The number of halogens is 1. The number of nitriles is 1. The number of aromatic carboxylic acids is 1. The van der Waals surface area contributed by atoms with Crippen LogP contribution in [0.3, 0.4) is 0 Å². The molecule has 0 aliphatic carbocycles. The van der Waals surface area contributed by atoms with Gasteiger partial charge in [-0.25, -0.2) is 4.79 Å². The zero-order valence-electron chi connectivity index (χ0n) is 13.9. The lowest BCUT2D eigenvalue weighted by Gasteiger charge is -2.04. The minimum Gasteiger partial charge on any atom is -0.478 e. The minimum atomic E-state index is -0.997. The van der Waals surface area contributed by atoms with Gasteiger partial charge in [0, 0.05) is 16.1 Å². The molecule has 0 saturated heterocycles. The predicted octanol–water partition coefficient (Wildman–Crippen LogP) is 5.67. The van der Waals surface area contributed by atoms with E-state index in [1.165, 1.54) is 0 Å². The molecule has 3 rings (SSSR count). The van der Waals surface area contributed by atoms with Crippen molar-refractivity contribution in [3.05, 3.63) is 82.1 Å². The fourth-order valence-electron chi connectivity index (χ4n) is 2.59. The molecule has 0 radical (unpaired) electrons. The molecule has 128 valence electrons. The summed E-state index contributed by atoms with van der Waals surface area (Å²) in [5, 5.41) is 19.1. The molecule has 0 amide bonds. The first-order chi connectivity index (χ1) is 12.5. The zero-order chi connectivity index (χ0) is 18.7. The molecule has 0 aliphatic rings. The standard InChI is InChI=1S/C21H14ClNO3/c1-13-6-7-14(21(24)25)11-18(13)20-9-8-16(26-20)10-15(12-23)17-4-2-3-5-19(17)22/h2-11H,1H3,(H,24,25). The predicted molar refractivity (Wildman–Crippen MR) is 101 cm³/mol. The number of carboxylic acids is 1. The van der Waals surface area contributed by atoms with E-state index < -0.39 is 5.97 Å². The molecule has 26 heavy (non-hydrogen) atoms. The van der Waals surface area contributed by atoms with Crippen molar-refractivity contribution < 1.29 is 14.3 Å². The van der Waals surface area contributed by atoms with Crippen molar-refractivity contribution in [2.75, 3.05) is 0 Å². The number of carboxylic acid groups (broad SMARTS) is 1. The Balaban J connectivity index is 2.01. The van der Waals surface area contributed by atoms with Gasteiger partial charge in [-0.3, -0.25) is 0 Å². The summed E-state index contributed by atoms with van der Waals surface area (Å²) < 4.78 is 5.82. The van der Waals surface area contributed by atoms with Crippen LogP contribution in [-0.2, 0) is 0 Å². The van der Waals surface area contributed by atoms with E-state index in [1.54, 1.807) is 60.7 Å². The molecule has 1 heterocycles. The van der Waals surface area contributed by atoms with Crippen LogP contribution in [0.15, 0.2) is 59.0 Å². The second kappa shape index (κ2) is 7.30. The van der Waals surface area contributed by atoms with Crippen molar-refractivity contribution >= 4 is 29.2 Å². The minimum absolute atomic E-state index is 0.188. The van der Waals surface area contributed by atoms with Crippen molar-refractivity contribution in [1.29, 1.82) is 5.26 Å². The molecular weight excluding hydrogens is 350 g/mol. The second-order valence-electron chi connectivity index (χ2n) is 5.69. The van der Waals surface area contributed by atoms with Crippen LogP contribution in [0.2, 0.25) is 5.02 Å². The number of furan rings is 1. The Labute approximate surface area is 155 Å². The summed E-state index contributed by atoms with van der Waals surface area (Å²) in [5.41, 5.74) is 2.78. The lowest BCUT2D eigenvalue weighted by atomic mass is 10.0. The second-order valence-corrected chi connectivity index (χ2v) is 6.09. The summed E-state index contributed by atoms with van der Waals surface area (Å²) >= 11 is 6.15. The molecule has 0 atom stereocenters. The fourth-order valence-corrected chi connectivity index (χ4v) is 2.83. The quantitative estimate of drug-likeness (QED) is 0.606. The molecule has 2 aromatic carbocycles. The maximum absolute atomic E-state index is 11.2. The van der Waals surface area contributed by atoms with Crippen LogP contribution in [0, 0.1) is 18.3 Å². The third-order valence-electron chi connectivity index (χ3n) is 3.95. The summed E-state index contributed by atoms with van der Waals surface area (Å²) in [6, 6.07) is 17.6. The molecule has 3 aromatic rings. The molecule has 1 aromatic heterocycles. The van der Waals surface area contributed by atoms with Crippen molar-refractivity contribution in [2.24, 2.45) is 0 Å². The van der Waals surface area contributed by atoms with Crippen molar-refractivity contribution in [2.45, 2.75) is 6.92 Å². The van der Waals surface area contributed by atoms with Crippen molar-refractivity contribution in [1.82, 2.24) is 0 Å². The van der Waals surface area contributed by atoms with Gasteiger partial charge >= 0.3 is 5.97 Å². The Bertz CT molecular complexity index is 1060. The third kappa shape index (κ3) is 3.53. The molecule has 0 saturated carbocycles. The Hall–Kier alpha value is -3.29. The Kier molecular flexibility index (Phi) is 4.92. The van der Waals surface area contributed by atoms with E-state index in [2.05, 4.69) is 6.07 Å². The number of allylic oxidation sites excluding steroid dienone is 1. The molecule has 0 unspecified atom stereocenters. The molecule has 5 heteroatoms. The maximum atomic E-state index is 11.2. The van der Waals surface area contributed by atoms with Crippen LogP contribution < -0.4 is 0 Å². The maximum Gasteiger partial charge on any atom is 0.335 e. The van der Waals surface area contributed by atoms with Gasteiger partial charge in [-0.2, -0.15) is 5.26 Å². The van der Waals surface area contributed by atoms with Crippen LogP contribution in [0.25, 0.3) is 23.0 Å². The van der Waals surface area contributed by atoms with Crippen LogP contribution in [0.4, 0.5) is 0 Å². The van der Waals surface area contributed by atoms with Crippen LogP contribution in [0.5, 0.6) is 0 Å². The first kappa shape index (κ1) is 17.5. The highest BCUT2D eigenvalue weighted by Gasteiger charge is 2.12. The smallest absolute Gasteiger partial charge is 0.335 e. The molecule has 0 fully saturated rings. The van der Waals surface area contributed by atoms with Gasteiger partial charge in [-0.1, -0.05) is 35.9 Å². The summed E-state index contributed by atoms with van der Waals surface area (Å²) in [4.78, 5) is 11.2. The number of aryl methyl sites for hydroxylation is 1. The first-order valence-electron chi connectivity index (χ1n) is 7.80. The van der Waals surface area contributed by atoms with E-state index in [0.29, 0.717) is 33.2 Å². The zero-order valence-corrected chi connectivity index (χ0v) is 14.6. The normalized spacial score (nSPS) is 11.2. The van der Waals surface area contributed by atoms with E-state index in [0.717, 1.165) is 5.56 Å². The largest absolute Gasteiger partial charge is 0.478 e. The number of hydrogen-bond donors (Lipinski definition) is 1. The van der Waals surface area contributed by atoms with Gasteiger partial charge in [-0.15, -0.1) is 0 Å². The number of benzene rings is 2. The Morgan fingerprint density at radius 2 is 1.96 bits per heavy atom. The Morgan fingerprint density at radius 1 is 1.19 bits per heavy atom. The average molecular weight is 364 g/mol. The number of nitrogens with zero attached hydrogens (tertiary/aromatic N) is 1. The van der Waals surface area contributed by atoms with E-state index in [1.807, 2.05) is 6.92 Å². The first-order valence-corrected chi connectivity index (χ1v) is 8.18. The highest BCUT2D eigenvalue weighted by atomic mass is 35.5. The average Bonchev–Trinajstić information content (AvgIpc) is 3.09. The molecule has 0 aliphatic heterocycles. The van der Waals surface area contributed by atoms with Crippen LogP contribution >= 0.6 is 11.6 Å². The van der Waals surface area contributed by atoms with Gasteiger partial charge < -0.3 is 9.52 Å². The third-order valence-corrected chi connectivity index (χ3v) is 4.28. The molecule has 0 bridgehead atoms. The monoisotopic (exact) mass is 363 g/mol. The van der Waals surface area contributed by atoms with Crippen molar-refractivity contribution in [3.8, 4) is 17.4 Å². The highest BCUT2D eigenvalue weighted by Crippen LogP contribution is 2.30. The lowest BCUT2D eigenvalue weighted by Crippen LogP contribution is -1.96. The van der Waals surface area contributed by atoms with Gasteiger partial charge in [0.2, 0.25) is 0 Å². The van der Waals surface area contributed by atoms with E-state index in [9.17, 15) is 10.1 Å². The summed E-state index contributed by atoms with van der Waals surface area (Å²) in [7, 11) is 0. The highest BCUT2D eigenvalue weighted by molar-refractivity contribution is 6.32. The van der Waals surface area contributed by atoms with Gasteiger partial charge in [0.15, 0.2) is 0 Å². The summed E-state index contributed by atoms with van der Waals surface area (Å²) in [6.45, 7) is 1.88. The number of carbonyl (C=O) groups is 1. The van der Waals surface area contributed by atoms with Gasteiger partial charge in [0.25, 0.3) is 0 Å². The van der Waals surface area contributed by atoms with Gasteiger partial charge in [0.1, 0.15) is 11.5 Å². The van der Waals surface area contributed by atoms with E-state index >= 15 is 0 Å². The summed E-state index contributed by atoms with van der Waals surface area (Å²) in [6.07, 6.45) is 1.61. The van der Waals surface area contributed by atoms with E-state index in [-0.39, 0.29) is 5.56 Å². The number of hydrogen-bond acceptors (Lipinski definition) is 3. The van der Waals surface area contributed by atoms with Crippen LogP contribution in [-0.4, -0.2) is 11.1 Å². The van der Waals surface area contributed by atoms with Crippen molar-refractivity contribution in [3.63, 3.8) is 0 Å². The fraction of sp³-hybridized carbons (Fsp3) is 0.0476. The van der Waals surface area contributed by atoms with Crippen LogP contribution in [0.1, 0.15) is 27.2 Å².